The zero-order valence-corrected chi connectivity index (χ0v) is 13.0. The van der Waals surface area contributed by atoms with E-state index in [1.165, 1.54) is 0 Å². The van der Waals surface area contributed by atoms with E-state index in [2.05, 4.69) is 15.0 Å². The van der Waals surface area contributed by atoms with Crippen LogP contribution in [-0.4, -0.2) is 33.6 Å². The summed E-state index contributed by atoms with van der Waals surface area (Å²) in [5.74, 6) is -1.27. The number of pyridine rings is 1. The molecule has 3 rings (SSSR count). The molecule has 0 saturated carbocycles. The first kappa shape index (κ1) is 14.6. The quantitative estimate of drug-likeness (QED) is 0.634. The largest absolute Gasteiger partial charge is 0.333 e. The van der Waals surface area contributed by atoms with Crippen LogP contribution in [0.3, 0.4) is 0 Å². The summed E-state index contributed by atoms with van der Waals surface area (Å²) < 4.78 is 14.2. The zero-order valence-electron chi connectivity index (χ0n) is 13.0. The van der Waals surface area contributed by atoms with Gasteiger partial charge in [-0.05, 0) is 44.5 Å². The Bertz CT molecular complexity index is 686. The second-order valence-corrected chi connectivity index (χ2v) is 5.72. The van der Waals surface area contributed by atoms with E-state index in [-0.39, 0.29) is 6.04 Å². The highest BCUT2D eigenvalue weighted by Gasteiger charge is 2.58. The molecule has 114 valence electrons. The van der Waals surface area contributed by atoms with Gasteiger partial charge in [-0.2, -0.15) is 0 Å². The van der Waals surface area contributed by atoms with Gasteiger partial charge in [-0.1, -0.05) is 0 Å². The van der Waals surface area contributed by atoms with Crippen molar-refractivity contribution < 1.29 is 4.39 Å². The van der Waals surface area contributed by atoms with Gasteiger partial charge in [0.2, 0.25) is 0 Å². The standard InChI is InChI=1S/C17H19FN4/c1-12(22-13(2)17(22,3)18)15-6-9-20-11-16(15)21-10-14-4-7-19-8-5-14/h4-9,11,13H,10H2,1-3H3/b15-12+,21-16-. The summed E-state index contributed by atoms with van der Waals surface area (Å²) in [6.45, 7) is 5.98. The number of hydrogen-bond donors (Lipinski definition) is 0. The van der Waals surface area contributed by atoms with E-state index in [1.54, 1.807) is 36.6 Å². The molecule has 0 spiro atoms. The molecular weight excluding hydrogens is 279 g/mol. The highest BCUT2D eigenvalue weighted by Crippen LogP contribution is 2.46. The van der Waals surface area contributed by atoms with Gasteiger partial charge < -0.3 is 4.90 Å². The maximum Gasteiger partial charge on any atom is 0.200 e. The molecular formula is C17H19FN4. The predicted octanol–water partition coefficient (Wildman–Crippen LogP) is 3.28. The van der Waals surface area contributed by atoms with Gasteiger partial charge in [-0.3, -0.25) is 15.0 Å². The van der Waals surface area contributed by atoms with E-state index in [0.29, 0.717) is 6.54 Å². The van der Waals surface area contributed by atoms with E-state index in [4.69, 9.17) is 0 Å². The molecule has 5 heteroatoms. The maximum absolute atomic E-state index is 14.2. The smallest absolute Gasteiger partial charge is 0.200 e. The van der Waals surface area contributed by atoms with Crippen LogP contribution in [-0.2, 0) is 6.54 Å². The number of aromatic nitrogens is 1. The lowest BCUT2D eigenvalue weighted by Crippen LogP contribution is -2.14. The van der Waals surface area contributed by atoms with Crippen molar-refractivity contribution >= 4 is 11.9 Å². The third-order valence-corrected chi connectivity index (χ3v) is 4.29. The number of alkyl halides is 1. The fraction of sp³-hybridized carbons (Fsp3) is 0.353. The van der Waals surface area contributed by atoms with Crippen LogP contribution in [0.2, 0.25) is 0 Å². The Hall–Kier alpha value is -2.30. The van der Waals surface area contributed by atoms with Gasteiger partial charge >= 0.3 is 0 Å². The SMILES string of the molecule is C/C(=C1/C=CN=C/C1=N/Cc1ccncc1)N1C(C)C1(C)F. The topological polar surface area (TPSA) is 40.6 Å². The maximum atomic E-state index is 14.2. The summed E-state index contributed by atoms with van der Waals surface area (Å²) in [6.07, 6.45) is 8.83. The average molecular weight is 298 g/mol. The molecule has 1 saturated heterocycles. The molecule has 1 aromatic heterocycles. The molecule has 2 unspecified atom stereocenters. The molecule has 0 amide bonds. The summed E-state index contributed by atoms with van der Waals surface area (Å²) in [5.41, 5.74) is 3.69. The molecule has 0 aliphatic carbocycles. The van der Waals surface area contributed by atoms with E-state index >= 15 is 0 Å². The molecule has 0 aromatic carbocycles. The van der Waals surface area contributed by atoms with Crippen molar-refractivity contribution in [3.8, 4) is 0 Å². The second kappa shape index (κ2) is 5.48. The minimum Gasteiger partial charge on any atom is -0.333 e. The van der Waals surface area contributed by atoms with Crippen LogP contribution in [0.5, 0.6) is 0 Å². The normalized spacial score (nSPS) is 30.8. The fourth-order valence-electron chi connectivity index (χ4n) is 2.75. The van der Waals surface area contributed by atoms with E-state index in [1.807, 2.05) is 32.1 Å². The molecule has 2 atom stereocenters. The van der Waals surface area contributed by atoms with Crippen LogP contribution >= 0.6 is 0 Å². The number of rotatable bonds is 3. The number of hydrogen-bond acceptors (Lipinski definition) is 4. The molecule has 4 nitrogen and oxygen atoms in total. The van der Waals surface area contributed by atoms with Gasteiger partial charge in [0.05, 0.1) is 24.5 Å². The van der Waals surface area contributed by atoms with Crippen LogP contribution in [0.1, 0.15) is 26.3 Å². The summed E-state index contributed by atoms with van der Waals surface area (Å²) in [4.78, 5) is 14.5. The van der Waals surface area contributed by atoms with Gasteiger partial charge in [0.25, 0.3) is 0 Å². The Balaban J connectivity index is 1.87. The molecule has 0 N–H and O–H groups in total. The Kier molecular flexibility index (Phi) is 3.64. The first-order valence-corrected chi connectivity index (χ1v) is 7.34. The monoisotopic (exact) mass is 298 g/mol. The minimum atomic E-state index is -1.27. The van der Waals surface area contributed by atoms with Gasteiger partial charge in [-0.15, -0.1) is 0 Å². The number of aliphatic imine (C=N–C) groups is 2. The highest BCUT2D eigenvalue weighted by atomic mass is 19.2. The molecule has 1 fully saturated rings. The number of nitrogens with zero attached hydrogens (tertiary/aromatic N) is 4. The second-order valence-electron chi connectivity index (χ2n) is 5.72. The van der Waals surface area contributed by atoms with Crippen molar-refractivity contribution in [2.24, 2.45) is 9.98 Å². The van der Waals surface area contributed by atoms with E-state index in [9.17, 15) is 4.39 Å². The van der Waals surface area contributed by atoms with Crippen molar-refractivity contribution in [1.82, 2.24) is 9.88 Å². The van der Waals surface area contributed by atoms with Crippen LogP contribution in [0.4, 0.5) is 4.39 Å². The van der Waals surface area contributed by atoms with Gasteiger partial charge in [0, 0.05) is 29.9 Å². The predicted molar refractivity (Wildman–Crippen MR) is 86.5 cm³/mol. The van der Waals surface area contributed by atoms with Gasteiger partial charge in [-0.25, -0.2) is 4.39 Å². The zero-order chi connectivity index (χ0) is 15.7. The molecule has 0 radical (unpaired) electrons. The van der Waals surface area contributed by atoms with Crippen LogP contribution in [0.25, 0.3) is 0 Å². The first-order valence-electron chi connectivity index (χ1n) is 7.34. The van der Waals surface area contributed by atoms with Gasteiger partial charge in [0.1, 0.15) is 0 Å². The molecule has 2 aliphatic heterocycles. The third-order valence-electron chi connectivity index (χ3n) is 4.29. The molecule has 2 aliphatic rings. The molecule has 22 heavy (non-hydrogen) atoms. The first-order chi connectivity index (χ1) is 10.5. The summed E-state index contributed by atoms with van der Waals surface area (Å²) in [5, 5.41) is 0. The average Bonchev–Trinajstić information content (AvgIpc) is 3.04. The Labute approximate surface area is 129 Å². The summed E-state index contributed by atoms with van der Waals surface area (Å²) in [6, 6.07) is 3.76. The summed E-state index contributed by atoms with van der Waals surface area (Å²) in [7, 11) is 0. The molecule has 3 heterocycles. The molecule has 1 aromatic rings. The van der Waals surface area contributed by atoms with E-state index < -0.39 is 5.79 Å². The third kappa shape index (κ3) is 2.58. The van der Waals surface area contributed by atoms with Crippen molar-refractivity contribution in [2.75, 3.05) is 0 Å². The Morgan fingerprint density at radius 2 is 2.09 bits per heavy atom. The molecule has 0 bridgehead atoms. The van der Waals surface area contributed by atoms with Crippen molar-refractivity contribution in [2.45, 2.75) is 39.2 Å². The van der Waals surface area contributed by atoms with Crippen molar-refractivity contribution in [3.63, 3.8) is 0 Å². The van der Waals surface area contributed by atoms with E-state index in [0.717, 1.165) is 22.5 Å². The lowest BCUT2D eigenvalue weighted by molar-refractivity contribution is 0.257. The fourth-order valence-corrected chi connectivity index (χ4v) is 2.75. The van der Waals surface area contributed by atoms with Crippen LogP contribution < -0.4 is 0 Å². The highest BCUT2D eigenvalue weighted by molar-refractivity contribution is 6.40. The minimum absolute atomic E-state index is 0.103. The van der Waals surface area contributed by atoms with Crippen molar-refractivity contribution in [3.05, 3.63) is 53.6 Å². The van der Waals surface area contributed by atoms with Crippen molar-refractivity contribution in [1.29, 1.82) is 0 Å². The number of halogens is 1. The lowest BCUT2D eigenvalue weighted by Gasteiger charge is -2.14. The van der Waals surface area contributed by atoms with Crippen LogP contribution in [0.15, 0.2) is 58.1 Å². The van der Waals surface area contributed by atoms with Gasteiger partial charge in [0.15, 0.2) is 5.79 Å². The number of allylic oxidation sites excluding steroid dienone is 3. The Morgan fingerprint density at radius 3 is 2.73 bits per heavy atom. The summed E-state index contributed by atoms with van der Waals surface area (Å²) >= 11 is 0. The van der Waals surface area contributed by atoms with Crippen LogP contribution in [0, 0.1) is 0 Å². The Morgan fingerprint density at radius 1 is 1.41 bits per heavy atom. The lowest BCUT2D eigenvalue weighted by atomic mass is 10.1.